The summed E-state index contributed by atoms with van der Waals surface area (Å²) in [6, 6.07) is 5.84. The van der Waals surface area contributed by atoms with Crippen molar-refractivity contribution in [2.45, 2.75) is 76.4 Å². The fourth-order valence-corrected chi connectivity index (χ4v) is 5.15. The van der Waals surface area contributed by atoms with Crippen LogP contribution in [0.5, 0.6) is 0 Å². The summed E-state index contributed by atoms with van der Waals surface area (Å²) >= 11 is 0. The van der Waals surface area contributed by atoms with Crippen LogP contribution in [0.3, 0.4) is 0 Å². The molecule has 30 heavy (non-hydrogen) atoms. The number of carbonyl (C=O) groups excluding carboxylic acids is 2. The van der Waals surface area contributed by atoms with Crippen LogP contribution in [0.15, 0.2) is 18.2 Å². The highest BCUT2D eigenvalue weighted by Crippen LogP contribution is 2.38. The molecule has 1 saturated carbocycles. The lowest BCUT2D eigenvalue weighted by molar-refractivity contribution is -0.125. The Morgan fingerprint density at radius 1 is 1.17 bits per heavy atom. The van der Waals surface area contributed by atoms with E-state index in [0.29, 0.717) is 12.1 Å². The molecule has 0 radical (unpaired) electrons. The molecule has 166 valence electrons. The first kappa shape index (κ1) is 22.8. The van der Waals surface area contributed by atoms with Crippen molar-refractivity contribution in [3.63, 3.8) is 0 Å². The molecule has 2 atom stereocenters. The summed E-state index contributed by atoms with van der Waals surface area (Å²) in [4.78, 5) is 24.0. The van der Waals surface area contributed by atoms with E-state index in [9.17, 15) is 9.59 Å². The zero-order valence-corrected chi connectivity index (χ0v) is 18.6. The number of primary amides is 1. The quantitative estimate of drug-likeness (QED) is 0.569. The third-order valence-electron chi connectivity index (χ3n) is 6.95. The average Bonchev–Trinajstić information content (AvgIpc) is 2.74. The second kappa shape index (κ2) is 9.92. The Labute approximate surface area is 180 Å². The highest BCUT2D eigenvalue weighted by atomic mass is 16.5. The van der Waals surface area contributed by atoms with Gasteiger partial charge in [-0.25, -0.2) is 0 Å². The molecule has 0 spiro atoms. The van der Waals surface area contributed by atoms with E-state index in [1.54, 1.807) is 13.2 Å². The van der Waals surface area contributed by atoms with Crippen LogP contribution in [0.25, 0.3) is 0 Å². The summed E-state index contributed by atoms with van der Waals surface area (Å²) in [5.74, 6) is 0.0221. The first-order valence-corrected chi connectivity index (χ1v) is 11.3. The van der Waals surface area contributed by atoms with Crippen LogP contribution in [0.4, 0.5) is 0 Å². The minimum Gasteiger partial charge on any atom is -0.379 e. The van der Waals surface area contributed by atoms with Crippen LogP contribution >= 0.6 is 0 Å². The molecule has 6 nitrogen and oxygen atoms in total. The SMILES string of the molecule is CO[C@@H]1Cc2ccc(C(N)=O)cc2C(C)(C)[C@H]1NCCCNC(=O)C1CCCCC1. The molecule has 1 aromatic rings. The Kier molecular flexibility index (Phi) is 7.53. The lowest BCUT2D eigenvalue weighted by atomic mass is 9.67. The second-order valence-electron chi connectivity index (χ2n) is 9.35. The Bertz CT molecular complexity index is 756. The first-order chi connectivity index (χ1) is 14.3. The van der Waals surface area contributed by atoms with E-state index in [4.69, 9.17) is 10.5 Å². The van der Waals surface area contributed by atoms with Crippen LogP contribution < -0.4 is 16.4 Å². The fraction of sp³-hybridized carbons (Fsp3) is 0.667. The van der Waals surface area contributed by atoms with Gasteiger partial charge in [-0.1, -0.05) is 39.2 Å². The van der Waals surface area contributed by atoms with Gasteiger partial charge >= 0.3 is 0 Å². The van der Waals surface area contributed by atoms with Gasteiger partial charge in [0.15, 0.2) is 0 Å². The van der Waals surface area contributed by atoms with Crippen LogP contribution in [-0.4, -0.2) is 44.2 Å². The fourth-order valence-electron chi connectivity index (χ4n) is 5.15. The number of rotatable bonds is 8. The molecule has 2 amide bonds. The molecular formula is C24H37N3O3. The van der Waals surface area contributed by atoms with Crippen molar-refractivity contribution in [3.8, 4) is 0 Å². The highest BCUT2D eigenvalue weighted by molar-refractivity contribution is 5.93. The molecule has 0 bridgehead atoms. The summed E-state index contributed by atoms with van der Waals surface area (Å²) in [6.45, 7) is 5.86. The summed E-state index contributed by atoms with van der Waals surface area (Å²) in [5.41, 5.74) is 8.18. The number of benzene rings is 1. The number of carbonyl (C=O) groups is 2. The number of amides is 2. The van der Waals surface area contributed by atoms with Gasteiger partial charge in [-0.2, -0.15) is 0 Å². The molecule has 1 aromatic carbocycles. The summed E-state index contributed by atoms with van der Waals surface area (Å²) < 4.78 is 5.82. The predicted molar refractivity (Wildman–Crippen MR) is 118 cm³/mol. The van der Waals surface area contributed by atoms with E-state index in [2.05, 4.69) is 24.5 Å². The van der Waals surface area contributed by atoms with E-state index >= 15 is 0 Å². The van der Waals surface area contributed by atoms with Crippen molar-refractivity contribution in [1.29, 1.82) is 0 Å². The number of fused-ring (bicyclic) bond motifs is 1. The normalized spacial score (nSPS) is 23.6. The minimum absolute atomic E-state index is 0.0451. The van der Waals surface area contributed by atoms with Gasteiger partial charge in [0.1, 0.15) is 0 Å². The van der Waals surface area contributed by atoms with Gasteiger partial charge < -0.3 is 21.1 Å². The van der Waals surface area contributed by atoms with Crippen molar-refractivity contribution in [3.05, 3.63) is 34.9 Å². The molecule has 2 aliphatic carbocycles. The molecule has 0 aromatic heterocycles. The lowest BCUT2D eigenvalue weighted by Gasteiger charge is -2.45. The van der Waals surface area contributed by atoms with E-state index in [-0.39, 0.29) is 29.4 Å². The largest absolute Gasteiger partial charge is 0.379 e. The minimum atomic E-state index is -0.402. The van der Waals surface area contributed by atoms with Gasteiger partial charge in [0.05, 0.1) is 6.10 Å². The maximum atomic E-state index is 12.3. The van der Waals surface area contributed by atoms with E-state index < -0.39 is 5.91 Å². The van der Waals surface area contributed by atoms with Crippen molar-refractivity contribution < 1.29 is 14.3 Å². The smallest absolute Gasteiger partial charge is 0.248 e. The topological polar surface area (TPSA) is 93.4 Å². The van der Waals surface area contributed by atoms with Crippen molar-refractivity contribution in [2.24, 2.45) is 11.7 Å². The van der Waals surface area contributed by atoms with E-state index in [1.165, 1.54) is 24.8 Å². The second-order valence-corrected chi connectivity index (χ2v) is 9.35. The highest BCUT2D eigenvalue weighted by Gasteiger charge is 2.42. The molecular weight excluding hydrogens is 378 g/mol. The van der Waals surface area contributed by atoms with Gasteiger partial charge in [0, 0.05) is 43.0 Å². The molecule has 3 rings (SSSR count). The lowest BCUT2D eigenvalue weighted by Crippen LogP contribution is -2.57. The van der Waals surface area contributed by atoms with Gasteiger partial charge in [-0.3, -0.25) is 9.59 Å². The number of hydrogen-bond donors (Lipinski definition) is 3. The molecule has 1 fully saturated rings. The first-order valence-electron chi connectivity index (χ1n) is 11.3. The summed E-state index contributed by atoms with van der Waals surface area (Å²) in [5, 5.41) is 6.77. The zero-order valence-electron chi connectivity index (χ0n) is 18.6. The standard InChI is InChI=1S/C24H37N3O3/c1-24(2)19-14-18(22(25)28)11-10-17(19)15-20(30-3)21(24)26-12-7-13-27-23(29)16-8-5-4-6-9-16/h10-11,14,16,20-21,26H,4-9,12-13,15H2,1-3H3,(H2,25,28)(H,27,29)/t20-,21+/m1/s1. The number of nitrogens with two attached hydrogens (primary N) is 1. The third kappa shape index (κ3) is 5.03. The van der Waals surface area contributed by atoms with Crippen molar-refractivity contribution in [2.75, 3.05) is 20.2 Å². The average molecular weight is 416 g/mol. The summed E-state index contributed by atoms with van der Waals surface area (Å²) in [7, 11) is 1.75. The van der Waals surface area contributed by atoms with Crippen molar-refractivity contribution >= 4 is 11.8 Å². The van der Waals surface area contributed by atoms with E-state index in [1.807, 2.05) is 12.1 Å². The molecule has 6 heteroatoms. The summed E-state index contributed by atoms with van der Waals surface area (Å²) in [6.07, 6.45) is 7.38. The van der Waals surface area contributed by atoms with Crippen LogP contribution in [0.2, 0.25) is 0 Å². The van der Waals surface area contributed by atoms with Gasteiger partial charge in [0.25, 0.3) is 0 Å². The Morgan fingerprint density at radius 2 is 1.90 bits per heavy atom. The predicted octanol–water partition coefficient (Wildman–Crippen LogP) is 2.68. The van der Waals surface area contributed by atoms with Crippen LogP contribution in [-0.2, 0) is 21.4 Å². The number of methoxy groups -OCH3 is 1. The molecule has 4 N–H and O–H groups in total. The third-order valence-corrected chi connectivity index (χ3v) is 6.95. The van der Waals surface area contributed by atoms with Crippen LogP contribution in [0.1, 0.15) is 73.9 Å². The number of ether oxygens (including phenoxy) is 1. The molecule has 0 aliphatic heterocycles. The van der Waals surface area contributed by atoms with E-state index in [0.717, 1.165) is 37.8 Å². The Morgan fingerprint density at radius 3 is 2.57 bits per heavy atom. The molecule has 0 unspecified atom stereocenters. The molecule has 0 saturated heterocycles. The van der Waals surface area contributed by atoms with Crippen LogP contribution in [0, 0.1) is 5.92 Å². The Balaban J connectivity index is 1.57. The zero-order chi connectivity index (χ0) is 21.7. The molecule has 0 heterocycles. The molecule has 2 aliphatic rings. The van der Waals surface area contributed by atoms with Gasteiger partial charge in [-0.05, 0) is 49.1 Å². The maximum Gasteiger partial charge on any atom is 0.248 e. The Hall–Kier alpha value is -1.92. The van der Waals surface area contributed by atoms with Crippen molar-refractivity contribution in [1.82, 2.24) is 10.6 Å². The maximum absolute atomic E-state index is 12.3. The number of hydrogen-bond acceptors (Lipinski definition) is 4. The van der Waals surface area contributed by atoms with Gasteiger partial charge in [-0.15, -0.1) is 0 Å². The van der Waals surface area contributed by atoms with Gasteiger partial charge in [0.2, 0.25) is 11.8 Å². The monoisotopic (exact) mass is 415 g/mol. The number of nitrogens with one attached hydrogen (secondary N) is 2.